The van der Waals surface area contributed by atoms with Crippen molar-refractivity contribution in [1.82, 2.24) is 15.1 Å². The minimum atomic E-state index is 0.146. The number of thioether (sulfide) groups is 1. The SMILES string of the molecule is O=C(CSc1nnc(C23CC4CC(CC(C4)C2)C3)o1)N1CCC[C@H]2CCCC[C@@H]21. The average molecular weight is 416 g/mol. The van der Waals surface area contributed by atoms with Gasteiger partial charge in [-0.05, 0) is 87.9 Å². The van der Waals surface area contributed by atoms with Crippen LogP contribution >= 0.6 is 11.8 Å². The van der Waals surface area contributed by atoms with Gasteiger partial charge in [0.25, 0.3) is 5.22 Å². The van der Waals surface area contributed by atoms with Gasteiger partial charge in [-0.3, -0.25) is 4.79 Å². The van der Waals surface area contributed by atoms with Crippen molar-refractivity contribution < 1.29 is 9.21 Å². The monoisotopic (exact) mass is 415 g/mol. The van der Waals surface area contributed by atoms with Crippen molar-refractivity contribution >= 4 is 17.7 Å². The Balaban J connectivity index is 1.11. The van der Waals surface area contributed by atoms with Gasteiger partial charge in [0.15, 0.2) is 0 Å². The summed E-state index contributed by atoms with van der Waals surface area (Å²) in [4.78, 5) is 15.1. The fourth-order valence-corrected chi connectivity index (χ4v) is 8.64. The molecular formula is C23H33N3O2S. The summed E-state index contributed by atoms with van der Waals surface area (Å²) in [5, 5.41) is 9.45. The summed E-state index contributed by atoms with van der Waals surface area (Å²) in [5.74, 6) is 4.91. The van der Waals surface area contributed by atoms with Crippen molar-refractivity contribution in [3.63, 3.8) is 0 Å². The molecule has 5 nitrogen and oxygen atoms in total. The molecule has 6 fully saturated rings. The van der Waals surface area contributed by atoms with Crippen molar-refractivity contribution in [3.8, 4) is 0 Å². The zero-order valence-electron chi connectivity index (χ0n) is 17.4. The molecule has 2 atom stereocenters. The molecule has 1 saturated heterocycles. The minimum Gasteiger partial charge on any atom is -0.415 e. The summed E-state index contributed by atoms with van der Waals surface area (Å²) in [6.45, 7) is 0.933. The van der Waals surface area contributed by atoms with E-state index in [9.17, 15) is 4.79 Å². The number of rotatable bonds is 4. The second-order valence-corrected chi connectivity index (χ2v) is 11.6. The highest BCUT2D eigenvalue weighted by Crippen LogP contribution is 2.60. The lowest BCUT2D eigenvalue weighted by Crippen LogP contribution is -2.50. The van der Waals surface area contributed by atoms with E-state index >= 15 is 0 Å². The third-order valence-corrected chi connectivity index (χ3v) is 9.58. The first-order chi connectivity index (χ1) is 14.2. The van der Waals surface area contributed by atoms with Crippen molar-refractivity contribution in [2.45, 2.75) is 93.7 Å². The van der Waals surface area contributed by atoms with Gasteiger partial charge < -0.3 is 9.32 Å². The number of likely N-dealkylation sites (tertiary alicyclic amines) is 1. The smallest absolute Gasteiger partial charge is 0.277 e. The zero-order chi connectivity index (χ0) is 19.4. The maximum atomic E-state index is 13.0. The third-order valence-electron chi connectivity index (χ3n) is 8.78. The number of carbonyl (C=O) groups is 1. The Morgan fingerprint density at radius 3 is 2.45 bits per heavy atom. The maximum absolute atomic E-state index is 13.0. The number of fused-ring (bicyclic) bond motifs is 1. The van der Waals surface area contributed by atoms with Crippen molar-refractivity contribution in [2.75, 3.05) is 12.3 Å². The average Bonchev–Trinajstić information content (AvgIpc) is 3.21. The van der Waals surface area contributed by atoms with E-state index < -0.39 is 0 Å². The van der Waals surface area contributed by atoms with Gasteiger partial charge >= 0.3 is 0 Å². The quantitative estimate of drug-likeness (QED) is 0.661. The van der Waals surface area contributed by atoms with Crippen LogP contribution in [0.15, 0.2) is 9.64 Å². The van der Waals surface area contributed by atoms with Crippen LogP contribution in [-0.2, 0) is 10.2 Å². The van der Waals surface area contributed by atoms with Crippen LogP contribution in [-0.4, -0.2) is 39.3 Å². The predicted molar refractivity (Wildman–Crippen MR) is 112 cm³/mol. The second kappa shape index (κ2) is 7.28. The number of amides is 1. The molecule has 0 N–H and O–H groups in total. The topological polar surface area (TPSA) is 59.2 Å². The molecule has 0 unspecified atom stereocenters. The molecule has 1 aliphatic heterocycles. The van der Waals surface area contributed by atoms with Gasteiger partial charge in [0.1, 0.15) is 0 Å². The van der Waals surface area contributed by atoms with Gasteiger partial charge in [-0.15, -0.1) is 10.2 Å². The molecule has 5 aliphatic carbocycles. The summed E-state index contributed by atoms with van der Waals surface area (Å²) < 4.78 is 6.18. The van der Waals surface area contributed by atoms with E-state index in [1.165, 1.54) is 82.4 Å². The molecule has 1 aromatic rings. The molecule has 0 spiro atoms. The van der Waals surface area contributed by atoms with E-state index in [0.717, 1.165) is 42.5 Å². The van der Waals surface area contributed by atoms with E-state index in [0.29, 0.717) is 17.0 Å². The molecule has 6 heteroatoms. The van der Waals surface area contributed by atoms with Crippen molar-refractivity contribution in [1.29, 1.82) is 0 Å². The van der Waals surface area contributed by atoms with Gasteiger partial charge in [-0.25, -0.2) is 0 Å². The van der Waals surface area contributed by atoms with Crippen molar-refractivity contribution in [2.24, 2.45) is 23.7 Å². The molecule has 5 saturated carbocycles. The maximum Gasteiger partial charge on any atom is 0.277 e. The van der Waals surface area contributed by atoms with Gasteiger partial charge in [-0.2, -0.15) is 0 Å². The number of hydrogen-bond acceptors (Lipinski definition) is 5. The largest absolute Gasteiger partial charge is 0.415 e. The first-order valence-corrected chi connectivity index (χ1v) is 12.9. The molecule has 2 heterocycles. The Labute approximate surface area is 177 Å². The van der Waals surface area contributed by atoms with Crippen LogP contribution < -0.4 is 0 Å². The highest BCUT2D eigenvalue weighted by Gasteiger charge is 2.54. The Kier molecular flexibility index (Phi) is 4.70. The van der Waals surface area contributed by atoms with E-state index in [2.05, 4.69) is 15.1 Å². The van der Waals surface area contributed by atoms with Crippen LogP contribution in [0.1, 0.15) is 82.9 Å². The van der Waals surface area contributed by atoms with Gasteiger partial charge in [0, 0.05) is 18.0 Å². The normalized spacial score (nSPS) is 40.8. The standard InChI is InChI=1S/C23H33N3O2S/c27-20(26-7-3-5-18-4-1-2-6-19(18)26)14-29-22-25-24-21(28-22)23-11-15-8-16(12-23)10-17(9-15)13-23/h15-19H,1-14H2/t15?,16?,17?,18-,19+,23?/m1/s1. The molecule has 29 heavy (non-hydrogen) atoms. The summed E-state index contributed by atoms with van der Waals surface area (Å²) in [7, 11) is 0. The van der Waals surface area contributed by atoms with Gasteiger partial charge in [0.2, 0.25) is 11.8 Å². The van der Waals surface area contributed by atoms with Gasteiger partial charge in [-0.1, -0.05) is 24.6 Å². The molecule has 1 aromatic heterocycles. The fraction of sp³-hybridized carbons (Fsp3) is 0.870. The van der Waals surface area contributed by atoms with Crippen LogP contribution in [0.25, 0.3) is 0 Å². The second-order valence-electron chi connectivity index (χ2n) is 10.7. The number of carbonyl (C=O) groups excluding carboxylic acids is 1. The van der Waals surface area contributed by atoms with E-state index in [1.54, 1.807) is 0 Å². The molecule has 6 aliphatic rings. The lowest BCUT2D eigenvalue weighted by Gasteiger charge is -2.55. The van der Waals surface area contributed by atoms with Crippen LogP contribution in [0, 0.1) is 23.7 Å². The summed E-state index contributed by atoms with van der Waals surface area (Å²) in [5.41, 5.74) is 0.146. The summed E-state index contributed by atoms with van der Waals surface area (Å²) in [6.07, 6.45) is 15.5. The molecule has 0 radical (unpaired) electrons. The molecule has 158 valence electrons. The first-order valence-electron chi connectivity index (χ1n) is 11.9. The lowest BCUT2D eigenvalue weighted by molar-refractivity contribution is -0.134. The Morgan fingerprint density at radius 1 is 1.00 bits per heavy atom. The highest BCUT2D eigenvalue weighted by molar-refractivity contribution is 7.99. The summed E-state index contributed by atoms with van der Waals surface area (Å²) >= 11 is 1.45. The lowest BCUT2D eigenvalue weighted by atomic mass is 9.49. The molecule has 4 bridgehead atoms. The van der Waals surface area contributed by atoms with E-state index in [-0.39, 0.29) is 11.3 Å². The molecule has 1 amide bonds. The van der Waals surface area contributed by atoms with Gasteiger partial charge in [0.05, 0.1) is 5.75 Å². The number of aromatic nitrogens is 2. The highest BCUT2D eigenvalue weighted by atomic mass is 32.2. The van der Waals surface area contributed by atoms with Crippen LogP contribution in [0.4, 0.5) is 0 Å². The molecular weight excluding hydrogens is 382 g/mol. The number of piperidine rings is 1. The van der Waals surface area contributed by atoms with Crippen LogP contribution in [0.3, 0.4) is 0 Å². The van der Waals surface area contributed by atoms with Crippen molar-refractivity contribution in [3.05, 3.63) is 5.89 Å². The third kappa shape index (κ3) is 3.34. The number of hydrogen-bond donors (Lipinski definition) is 0. The Bertz CT molecular complexity index is 741. The first kappa shape index (κ1) is 18.7. The zero-order valence-corrected chi connectivity index (χ0v) is 18.2. The molecule has 0 aromatic carbocycles. The van der Waals surface area contributed by atoms with E-state index in [1.807, 2.05) is 0 Å². The van der Waals surface area contributed by atoms with Crippen LogP contribution in [0.5, 0.6) is 0 Å². The Hall–Kier alpha value is -1.04. The molecule has 7 rings (SSSR count). The summed E-state index contributed by atoms with van der Waals surface area (Å²) in [6, 6.07) is 0.482. The van der Waals surface area contributed by atoms with E-state index in [4.69, 9.17) is 4.42 Å². The number of nitrogens with zero attached hydrogens (tertiary/aromatic N) is 3. The Morgan fingerprint density at radius 2 is 1.69 bits per heavy atom. The predicted octanol–water partition coefficient (Wildman–Crippen LogP) is 4.81. The fourth-order valence-electron chi connectivity index (χ4n) is 8.00. The van der Waals surface area contributed by atoms with Crippen LogP contribution in [0.2, 0.25) is 0 Å². The minimum absolute atomic E-state index is 0.146.